The van der Waals surface area contributed by atoms with E-state index < -0.39 is 0 Å². The van der Waals surface area contributed by atoms with Crippen LogP contribution < -0.4 is 5.32 Å². The van der Waals surface area contributed by atoms with Crippen molar-refractivity contribution in [1.29, 1.82) is 0 Å². The van der Waals surface area contributed by atoms with Crippen LogP contribution in [-0.2, 0) is 16.0 Å². The second-order valence-electron chi connectivity index (χ2n) is 7.33. The maximum absolute atomic E-state index is 12.5. The van der Waals surface area contributed by atoms with Gasteiger partial charge in [0.25, 0.3) is 0 Å². The molecule has 3 rings (SSSR count). The highest BCUT2D eigenvalue weighted by molar-refractivity contribution is 6.31. The molecule has 1 aliphatic rings. The lowest BCUT2D eigenvalue weighted by atomic mass is 10.1. The zero-order valence-corrected chi connectivity index (χ0v) is 17.1. The molecule has 0 spiro atoms. The van der Waals surface area contributed by atoms with Crippen molar-refractivity contribution < 1.29 is 9.59 Å². The summed E-state index contributed by atoms with van der Waals surface area (Å²) in [6, 6.07) is 13.6. The van der Waals surface area contributed by atoms with Crippen molar-refractivity contribution in [1.82, 2.24) is 9.80 Å². The molecule has 2 amide bonds. The summed E-state index contributed by atoms with van der Waals surface area (Å²) in [7, 11) is 0. The number of hydrogen-bond donors (Lipinski definition) is 1. The molecule has 1 heterocycles. The van der Waals surface area contributed by atoms with Gasteiger partial charge in [0.05, 0.1) is 13.0 Å². The monoisotopic (exact) mass is 399 g/mol. The molecule has 0 unspecified atom stereocenters. The Morgan fingerprint density at radius 1 is 1.00 bits per heavy atom. The Kier molecular flexibility index (Phi) is 6.70. The van der Waals surface area contributed by atoms with Crippen LogP contribution in [0.2, 0.25) is 5.02 Å². The van der Waals surface area contributed by atoms with Gasteiger partial charge in [-0.15, -0.1) is 0 Å². The first-order chi connectivity index (χ1) is 13.4. The molecule has 148 valence electrons. The fourth-order valence-electron chi connectivity index (χ4n) is 3.22. The Labute approximate surface area is 171 Å². The Hall–Kier alpha value is -2.37. The van der Waals surface area contributed by atoms with Gasteiger partial charge >= 0.3 is 0 Å². The Morgan fingerprint density at radius 3 is 2.32 bits per heavy atom. The van der Waals surface area contributed by atoms with Gasteiger partial charge in [0.1, 0.15) is 0 Å². The molecule has 0 radical (unpaired) electrons. The molecule has 2 aromatic rings. The minimum absolute atomic E-state index is 0.0700. The molecule has 5 nitrogen and oxygen atoms in total. The average molecular weight is 400 g/mol. The van der Waals surface area contributed by atoms with Gasteiger partial charge in [-0.3, -0.25) is 14.5 Å². The lowest BCUT2D eigenvalue weighted by Crippen LogP contribution is -2.50. The quantitative estimate of drug-likeness (QED) is 0.839. The second-order valence-corrected chi connectivity index (χ2v) is 7.74. The van der Waals surface area contributed by atoms with E-state index in [4.69, 9.17) is 11.6 Å². The zero-order chi connectivity index (χ0) is 20.1. The van der Waals surface area contributed by atoms with Crippen molar-refractivity contribution >= 4 is 29.1 Å². The molecule has 6 heteroatoms. The number of amides is 2. The van der Waals surface area contributed by atoms with Crippen molar-refractivity contribution in [3.05, 3.63) is 64.2 Å². The van der Waals surface area contributed by atoms with Crippen LogP contribution in [0, 0.1) is 13.8 Å². The number of benzene rings is 2. The van der Waals surface area contributed by atoms with Gasteiger partial charge in [-0.1, -0.05) is 47.5 Å². The third-order valence-electron chi connectivity index (χ3n) is 5.02. The molecule has 0 aromatic heterocycles. The number of piperazine rings is 1. The van der Waals surface area contributed by atoms with E-state index in [1.54, 1.807) is 6.07 Å². The maximum atomic E-state index is 12.5. The number of carbonyl (C=O) groups excluding carboxylic acids is 2. The minimum atomic E-state index is -0.0700. The van der Waals surface area contributed by atoms with Crippen LogP contribution in [0.3, 0.4) is 0 Å². The normalized spacial score (nSPS) is 14.8. The molecule has 0 aliphatic carbocycles. The van der Waals surface area contributed by atoms with E-state index in [0.29, 0.717) is 49.9 Å². The summed E-state index contributed by atoms with van der Waals surface area (Å²) in [6.07, 6.45) is 0.426. The van der Waals surface area contributed by atoms with Crippen LogP contribution in [-0.4, -0.2) is 54.3 Å². The van der Waals surface area contributed by atoms with E-state index in [9.17, 15) is 9.59 Å². The van der Waals surface area contributed by atoms with E-state index >= 15 is 0 Å². The van der Waals surface area contributed by atoms with Gasteiger partial charge in [-0.2, -0.15) is 0 Å². The predicted molar refractivity (Wildman–Crippen MR) is 113 cm³/mol. The van der Waals surface area contributed by atoms with E-state index in [1.165, 1.54) is 5.56 Å². The van der Waals surface area contributed by atoms with Crippen molar-refractivity contribution in [3.8, 4) is 0 Å². The van der Waals surface area contributed by atoms with E-state index in [0.717, 1.165) is 11.1 Å². The van der Waals surface area contributed by atoms with Crippen LogP contribution in [0.5, 0.6) is 0 Å². The highest BCUT2D eigenvalue weighted by atomic mass is 35.5. The fourth-order valence-corrected chi connectivity index (χ4v) is 3.40. The van der Waals surface area contributed by atoms with Crippen LogP contribution >= 0.6 is 11.6 Å². The van der Waals surface area contributed by atoms with Gasteiger partial charge < -0.3 is 10.2 Å². The first-order valence-corrected chi connectivity index (χ1v) is 9.90. The number of rotatable bonds is 5. The molecule has 0 bridgehead atoms. The number of hydrogen-bond acceptors (Lipinski definition) is 3. The second kappa shape index (κ2) is 9.22. The minimum Gasteiger partial charge on any atom is -0.340 e. The Bertz CT molecular complexity index is 843. The van der Waals surface area contributed by atoms with Crippen molar-refractivity contribution in [2.24, 2.45) is 0 Å². The van der Waals surface area contributed by atoms with Crippen molar-refractivity contribution in [3.63, 3.8) is 0 Å². The number of nitrogens with one attached hydrogen (secondary N) is 1. The summed E-state index contributed by atoms with van der Waals surface area (Å²) in [5.41, 5.74) is 3.91. The third-order valence-corrected chi connectivity index (χ3v) is 5.43. The SMILES string of the molecule is Cc1ccc(CC(=O)N2CCN(CC(=O)Nc3ccc(C)c(Cl)c3)CC2)cc1. The first-order valence-electron chi connectivity index (χ1n) is 9.52. The van der Waals surface area contributed by atoms with Crippen molar-refractivity contribution in [2.75, 3.05) is 38.0 Å². The largest absolute Gasteiger partial charge is 0.340 e. The molecule has 1 saturated heterocycles. The molecular weight excluding hydrogens is 374 g/mol. The number of aryl methyl sites for hydroxylation is 2. The summed E-state index contributed by atoms with van der Waals surface area (Å²) < 4.78 is 0. The molecule has 0 saturated carbocycles. The Morgan fingerprint density at radius 2 is 1.68 bits per heavy atom. The number of halogens is 1. The zero-order valence-electron chi connectivity index (χ0n) is 16.4. The summed E-state index contributed by atoms with van der Waals surface area (Å²) >= 11 is 6.10. The summed E-state index contributed by atoms with van der Waals surface area (Å²) in [6.45, 7) is 6.96. The molecule has 1 N–H and O–H groups in total. The topological polar surface area (TPSA) is 52.7 Å². The number of carbonyl (C=O) groups is 2. The van der Waals surface area contributed by atoms with Crippen LogP contribution in [0.15, 0.2) is 42.5 Å². The summed E-state index contributed by atoms with van der Waals surface area (Å²) in [5, 5.41) is 3.52. The Balaban J connectivity index is 1.44. The lowest BCUT2D eigenvalue weighted by Gasteiger charge is -2.34. The summed E-state index contributed by atoms with van der Waals surface area (Å²) in [5.74, 6) is 0.0709. The average Bonchev–Trinajstić information content (AvgIpc) is 2.67. The maximum Gasteiger partial charge on any atom is 0.238 e. The molecule has 1 aliphatic heterocycles. The molecule has 28 heavy (non-hydrogen) atoms. The van der Waals surface area contributed by atoms with Crippen LogP contribution in [0.4, 0.5) is 5.69 Å². The van der Waals surface area contributed by atoms with E-state index in [2.05, 4.69) is 10.2 Å². The smallest absolute Gasteiger partial charge is 0.238 e. The third kappa shape index (κ3) is 5.57. The molecule has 0 atom stereocenters. The number of anilines is 1. The first kappa shape index (κ1) is 20.4. The lowest BCUT2D eigenvalue weighted by molar-refractivity contribution is -0.132. The standard InChI is InChI=1S/C22H26ClN3O2/c1-16-3-6-18(7-4-16)13-22(28)26-11-9-25(10-12-26)15-21(27)24-19-8-5-17(2)20(23)14-19/h3-8,14H,9-13,15H2,1-2H3,(H,24,27). The van der Waals surface area contributed by atoms with Gasteiger partial charge in [-0.25, -0.2) is 0 Å². The number of nitrogens with zero attached hydrogens (tertiary/aromatic N) is 2. The molecule has 2 aromatic carbocycles. The highest BCUT2D eigenvalue weighted by Crippen LogP contribution is 2.20. The van der Waals surface area contributed by atoms with Crippen molar-refractivity contribution in [2.45, 2.75) is 20.3 Å². The van der Waals surface area contributed by atoms with Crippen LogP contribution in [0.1, 0.15) is 16.7 Å². The highest BCUT2D eigenvalue weighted by Gasteiger charge is 2.22. The van der Waals surface area contributed by atoms with Gasteiger partial charge in [0.15, 0.2) is 0 Å². The van der Waals surface area contributed by atoms with Gasteiger partial charge in [0.2, 0.25) is 11.8 Å². The molecular formula is C22H26ClN3O2. The van der Waals surface area contributed by atoms with E-state index in [1.807, 2.05) is 55.1 Å². The van der Waals surface area contributed by atoms with Crippen LogP contribution in [0.25, 0.3) is 0 Å². The summed E-state index contributed by atoms with van der Waals surface area (Å²) in [4.78, 5) is 28.7. The van der Waals surface area contributed by atoms with Gasteiger partial charge in [0, 0.05) is 36.9 Å². The van der Waals surface area contributed by atoms with Gasteiger partial charge in [-0.05, 0) is 37.1 Å². The molecule has 1 fully saturated rings. The predicted octanol–water partition coefficient (Wildman–Crippen LogP) is 3.28. The van der Waals surface area contributed by atoms with E-state index in [-0.39, 0.29) is 11.8 Å². The fraction of sp³-hybridized carbons (Fsp3) is 0.364.